The van der Waals surface area contributed by atoms with E-state index in [0.29, 0.717) is 12.5 Å². The average molecular weight is 412 g/mol. The Balaban J connectivity index is 1.91. The van der Waals surface area contributed by atoms with Crippen LogP contribution >= 0.6 is 11.3 Å². The second-order valence-electron chi connectivity index (χ2n) is 7.16. The first-order valence-electron chi connectivity index (χ1n) is 10.2. The van der Waals surface area contributed by atoms with Gasteiger partial charge in [0.1, 0.15) is 0 Å². The molecule has 4 rings (SSSR count). The highest BCUT2D eigenvalue weighted by Crippen LogP contribution is 2.42. The second kappa shape index (κ2) is 8.37. The number of anilines is 1. The normalized spacial score (nSPS) is 18.8. The van der Waals surface area contributed by atoms with E-state index in [1.54, 1.807) is 23.2 Å². The third kappa shape index (κ3) is 3.44. The fraction of sp³-hybridized carbons (Fsp3) is 0.409. The zero-order chi connectivity index (χ0) is 20.4. The van der Waals surface area contributed by atoms with Crippen LogP contribution in [0.3, 0.4) is 0 Å². The zero-order valence-electron chi connectivity index (χ0n) is 16.7. The molecule has 2 aromatic heterocycles. The Morgan fingerprint density at radius 1 is 1.17 bits per heavy atom. The number of para-hydroxylation sites is 2. The number of amides is 1. The molecule has 0 bridgehead atoms. The van der Waals surface area contributed by atoms with E-state index >= 15 is 0 Å². The number of benzene rings is 1. The lowest BCUT2D eigenvalue weighted by Gasteiger charge is -2.37. The molecule has 29 heavy (non-hydrogen) atoms. The van der Waals surface area contributed by atoms with E-state index in [1.807, 2.05) is 41.8 Å². The van der Waals surface area contributed by atoms with Crippen LogP contribution in [0.5, 0.6) is 0 Å². The van der Waals surface area contributed by atoms with Crippen LogP contribution < -0.4 is 4.90 Å². The van der Waals surface area contributed by atoms with Gasteiger partial charge >= 0.3 is 5.97 Å². The number of unbranched alkanes of at least 4 members (excludes halogenated alkanes) is 2. The van der Waals surface area contributed by atoms with E-state index in [4.69, 9.17) is 9.72 Å². The minimum Gasteiger partial charge on any atom is -0.465 e. The molecule has 1 aliphatic rings. The quantitative estimate of drug-likeness (QED) is 0.328. The number of rotatable bonds is 7. The molecule has 1 aliphatic heterocycles. The summed E-state index contributed by atoms with van der Waals surface area (Å²) in [5, 5.41) is 1.97. The Kier molecular flexibility index (Phi) is 5.67. The lowest BCUT2D eigenvalue weighted by atomic mass is 9.93. The van der Waals surface area contributed by atoms with Crippen LogP contribution in [-0.4, -0.2) is 34.6 Å². The van der Waals surface area contributed by atoms with Crippen molar-refractivity contribution >= 4 is 40.2 Å². The van der Waals surface area contributed by atoms with Crippen molar-refractivity contribution in [3.63, 3.8) is 0 Å². The van der Waals surface area contributed by atoms with E-state index < -0.39 is 17.9 Å². The van der Waals surface area contributed by atoms with E-state index in [9.17, 15) is 9.59 Å². The molecular formula is C22H25N3O3S. The van der Waals surface area contributed by atoms with E-state index in [-0.39, 0.29) is 12.5 Å². The first-order chi connectivity index (χ1) is 14.2. The smallest absolute Gasteiger partial charge is 0.321 e. The number of thiophene rings is 1. The largest absolute Gasteiger partial charge is 0.465 e. The maximum Gasteiger partial charge on any atom is 0.321 e. The molecule has 0 saturated heterocycles. The lowest BCUT2D eigenvalue weighted by molar-refractivity contribution is -0.153. The molecule has 3 heterocycles. The average Bonchev–Trinajstić information content (AvgIpc) is 3.37. The summed E-state index contributed by atoms with van der Waals surface area (Å²) in [5.74, 6) is -0.993. The van der Waals surface area contributed by atoms with Gasteiger partial charge in [-0.3, -0.25) is 19.1 Å². The van der Waals surface area contributed by atoms with Crippen molar-refractivity contribution < 1.29 is 14.3 Å². The van der Waals surface area contributed by atoms with Gasteiger partial charge in [-0.05, 0) is 36.9 Å². The molecule has 2 atom stereocenters. The summed E-state index contributed by atoms with van der Waals surface area (Å²) in [6.45, 7) is 4.68. The Bertz CT molecular complexity index is 1010. The Morgan fingerprint density at radius 2 is 2.00 bits per heavy atom. The number of esters is 1. The molecule has 0 unspecified atom stereocenters. The monoisotopic (exact) mass is 411 g/mol. The van der Waals surface area contributed by atoms with Crippen molar-refractivity contribution in [3.05, 3.63) is 46.7 Å². The minimum absolute atomic E-state index is 0.222. The number of carbonyl (C=O) groups excluding carboxylic acids is 2. The fourth-order valence-electron chi connectivity index (χ4n) is 3.99. The van der Waals surface area contributed by atoms with Gasteiger partial charge in [0.05, 0.1) is 23.7 Å². The molecule has 0 saturated carbocycles. The zero-order valence-corrected chi connectivity index (χ0v) is 17.5. The predicted molar refractivity (Wildman–Crippen MR) is 114 cm³/mol. The maximum absolute atomic E-state index is 13.6. The molecule has 7 heteroatoms. The first-order valence-corrected chi connectivity index (χ1v) is 11.0. The summed E-state index contributed by atoms with van der Waals surface area (Å²) in [6, 6.07) is 11.3. The van der Waals surface area contributed by atoms with Crippen LogP contribution in [0.2, 0.25) is 0 Å². The first kappa shape index (κ1) is 19.6. The number of imidazole rings is 1. The summed E-state index contributed by atoms with van der Waals surface area (Å²) in [4.78, 5) is 33.9. The van der Waals surface area contributed by atoms with E-state index in [1.165, 1.54) is 0 Å². The van der Waals surface area contributed by atoms with Crippen molar-refractivity contribution in [2.24, 2.45) is 5.92 Å². The minimum atomic E-state index is -0.916. The van der Waals surface area contributed by atoms with Crippen LogP contribution in [0.25, 0.3) is 11.0 Å². The van der Waals surface area contributed by atoms with Crippen molar-refractivity contribution in [2.75, 3.05) is 18.1 Å². The molecule has 0 fully saturated rings. The Morgan fingerprint density at radius 3 is 2.72 bits per heavy atom. The highest BCUT2D eigenvalue weighted by atomic mass is 32.1. The molecule has 0 N–H and O–H groups in total. The summed E-state index contributed by atoms with van der Waals surface area (Å²) in [6.07, 6.45) is 2.94. The van der Waals surface area contributed by atoms with Crippen LogP contribution in [-0.2, 0) is 14.3 Å². The summed E-state index contributed by atoms with van der Waals surface area (Å²) in [7, 11) is 0. The molecule has 0 radical (unpaired) electrons. The van der Waals surface area contributed by atoms with Gasteiger partial charge in [-0.1, -0.05) is 38.0 Å². The van der Waals surface area contributed by atoms with E-state index in [0.717, 1.165) is 35.2 Å². The van der Waals surface area contributed by atoms with Gasteiger partial charge in [0, 0.05) is 11.4 Å². The number of carbonyl (C=O) groups is 2. The Hall–Kier alpha value is -2.67. The van der Waals surface area contributed by atoms with Gasteiger partial charge in [0.15, 0.2) is 5.92 Å². The fourth-order valence-corrected chi connectivity index (χ4v) is 4.84. The van der Waals surface area contributed by atoms with Crippen LogP contribution in [0, 0.1) is 5.92 Å². The molecule has 6 nitrogen and oxygen atoms in total. The van der Waals surface area contributed by atoms with Gasteiger partial charge < -0.3 is 4.74 Å². The number of nitrogens with zero attached hydrogens (tertiary/aromatic N) is 3. The molecular weight excluding hydrogens is 386 g/mol. The predicted octanol–water partition coefficient (Wildman–Crippen LogP) is 4.40. The van der Waals surface area contributed by atoms with Gasteiger partial charge in [0.25, 0.3) is 0 Å². The highest BCUT2D eigenvalue weighted by Gasteiger charge is 2.48. The second-order valence-corrected chi connectivity index (χ2v) is 8.14. The molecule has 3 aromatic rings. The topological polar surface area (TPSA) is 64.4 Å². The van der Waals surface area contributed by atoms with Gasteiger partial charge in [-0.25, -0.2) is 4.98 Å². The third-order valence-corrected chi connectivity index (χ3v) is 6.25. The third-order valence-electron chi connectivity index (χ3n) is 5.31. The number of hydrogen-bond donors (Lipinski definition) is 0. The SMILES string of the molecule is CCCCCN1C(=O)[C@@H](C(=O)OCC)[C@H](c2cccs2)n2c1nc1ccccc12. The summed E-state index contributed by atoms with van der Waals surface area (Å²) >= 11 is 1.54. The Labute approximate surface area is 174 Å². The van der Waals surface area contributed by atoms with Gasteiger partial charge in [-0.2, -0.15) is 0 Å². The van der Waals surface area contributed by atoms with Gasteiger partial charge in [0.2, 0.25) is 11.9 Å². The van der Waals surface area contributed by atoms with Crippen LogP contribution in [0.1, 0.15) is 44.0 Å². The molecule has 0 aliphatic carbocycles. The summed E-state index contributed by atoms with van der Waals surface area (Å²) in [5.41, 5.74) is 1.74. The van der Waals surface area contributed by atoms with Crippen LogP contribution in [0.4, 0.5) is 5.95 Å². The summed E-state index contributed by atoms with van der Waals surface area (Å²) < 4.78 is 7.39. The maximum atomic E-state index is 13.6. The van der Waals surface area contributed by atoms with E-state index in [2.05, 4.69) is 11.5 Å². The number of ether oxygens (including phenoxy) is 1. The van der Waals surface area contributed by atoms with Crippen molar-refractivity contribution in [3.8, 4) is 0 Å². The number of aromatic nitrogens is 2. The van der Waals surface area contributed by atoms with Crippen molar-refractivity contribution in [2.45, 2.75) is 39.2 Å². The molecule has 152 valence electrons. The number of hydrogen-bond acceptors (Lipinski definition) is 5. The van der Waals surface area contributed by atoms with Crippen molar-refractivity contribution in [1.82, 2.24) is 9.55 Å². The molecule has 0 spiro atoms. The van der Waals surface area contributed by atoms with Crippen molar-refractivity contribution in [1.29, 1.82) is 0 Å². The standard InChI is InChI=1S/C22H25N3O3S/c1-3-5-8-13-24-20(26)18(21(27)28-4-2)19(17-12-9-14-29-17)25-16-11-7-6-10-15(16)23-22(24)25/h6-7,9-12,14,18-19H,3-5,8,13H2,1-2H3/t18-,19-/m0/s1. The molecule has 1 aromatic carbocycles. The van der Waals surface area contributed by atoms with Gasteiger partial charge in [-0.15, -0.1) is 11.3 Å². The number of fused-ring (bicyclic) bond motifs is 3. The highest BCUT2D eigenvalue weighted by molar-refractivity contribution is 7.10. The lowest BCUT2D eigenvalue weighted by Crippen LogP contribution is -2.50. The van der Waals surface area contributed by atoms with Crippen LogP contribution in [0.15, 0.2) is 41.8 Å². The molecule has 1 amide bonds.